The molecular weight excluding hydrogens is 196 g/mol. The van der Waals surface area contributed by atoms with Crippen molar-refractivity contribution in [1.82, 2.24) is 10.2 Å². The average molecular weight is 218 g/mol. The number of hydrogen-bond donors (Lipinski definition) is 1. The molecule has 0 saturated carbocycles. The number of aryl methyl sites for hydroxylation is 2. The highest BCUT2D eigenvalue weighted by molar-refractivity contribution is 5.37. The maximum Gasteiger partial charge on any atom is 0.0326 e. The zero-order chi connectivity index (χ0) is 11.5. The maximum atomic E-state index is 3.65. The molecule has 16 heavy (non-hydrogen) atoms. The van der Waals surface area contributed by atoms with Crippen LogP contribution in [0.2, 0.25) is 0 Å². The predicted molar refractivity (Wildman–Crippen MR) is 68.8 cm³/mol. The number of likely N-dealkylation sites (N-methyl/N-ethyl adjacent to an activating group) is 1. The van der Waals surface area contributed by atoms with E-state index in [0.717, 1.165) is 13.1 Å². The van der Waals surface area contributed by atoms with E-state index in [1.165, 1.54) is 29.5 Å². The Morgan fingerprint density at radius 3 is 2.94 bits per heavy atom. The molecule has 88 valence electrons. The molecule has 1 aliphatic rings. The normalized spacial score (nSPS) is 19.1. The van der Waals surface area contributed by atoms with Crippen molar-refractivity contribution in [2.24, 2.45) is 0 Å². The van der Waals surface area contributed by atoms with E-state index in [1.54, 1.807) is 0 Å². The zero-order valence-electron chi connectivity index (χ0n) is 10.6. The highest BCUT2D eigenvalue weighted by Crippen LogP contribution is 2.31. The van der Waals surface area contributed by atoms with E-state index in [-0.39, 0.29) is 0 Å². The third-order valence-electron chi connectivity index (χ3n) is 3.33. The number of nitrogens with zero attached hydrogens (tertiary/aromatic N) is 1. The van der Waals surface area contributed by atoms with Crippen molar-refractivity contribution in [2.45, 2.75) is 25.8 Å². The van der Waals surface area contributed by atoms with Crippen molar-refractivity contribution in [3.05, 3.63) is 34.9 Å². The van der Waals surface area contributed by atoms with Crippen LogP contribution in [0.1, 0.15) is 29.2 Å². The number of fused-ring (bicyclic) bond motifs is 1. The van der Waals surface area contributed by atoms with Crippen molar-refractivity contribution in [2.75, 3.05) is 27.2 Å². The molecule has 1 aliphatic carbocycles. The van der Waals surface area contributed by atoms with Crippen LogP contribution in [0.15, 0.2) is 18.2 Å². The number of nitrogens with one attached hydrogen (secondary N) is 1. The van der Waals surface area contributed by atoms with Crippen molar-refractivity contribution < 1.29 is 0 Å². The first kappa shape index (κ1) is 11.6. The first-order chi connectivity index (χ1) is 7.66. The Morgan fingerprint density at radius 1 is 1.38 bits per heavy atom. The van der Waals surface area contributed by atoms with Gasteiger partial charge in [-0.3, -0.25) is 0 Å². The lowest BCUT2D eigenvalue weighted by Gasteiger charge is -2.16. The van der Waals surface area contributed by atoms with Gasteiger partial charge in [0.1, 0.15) is 0 Å². The third kappa shape index (κ3) is 2.63. The fourth-order valence-corrected chi connectivity index (χ4v) is 2.40. The van der Waals surface area contributed by atoms with Crippen LogP contribution in [0.5, 0.6) is 0 Å². The average Bonchev–Trinajstić information content (AvgIpc) is 2.60. The summed E-state index contributed by atoms with van der Waals surface area (Å²) in [5.74, 6) is 0. The lowest BCUT2D eigenvalue weighted by molar-refractivity contribution is 0.384. The van der Waals surface area contributed by atoms with Crippen LogP contribution in [0.3, 0.4) is 0 Å². The summed E-state index contributed by atoms with van der Waals surface area (Å²) in [6.07, 6.45) is 2.49. The monoisotopic (exact) mass is 218 g/mol. The molecule has 0 amide bonds. The molecule has 2 rings (SSSR count). The molecule has 2 heteroatoms. The summed E-state index contributed by atoms with van der Waals surface area (Å²) in [6.45, 7) is 4.36. The molecule has 1 atom stereocenters. The fourth-order valence-electron chi connectivity index (χ4n) is 2.40. The first-order valence-electron chi connectivity index (χ1n) is 6.14. The van der Waals surface area contributed by atoms with Gasteiger partial charge in [0.2, 0.25) is 0 Å². The second-order valence-corrected chi connectivity index (χ2v) is 5.05. The van der Waals surface area contributed by atoms with E-state index in [0.29, 0.717) is 6.04 Å². The van der Waals surface area contributed by atoms with Gasteiger partial charge in [0.25, 0.3) is 0 Å². The minimum Gasteiger partial charge on any atom is -0.309 e. The lowest BCUT2D eigenvalue weighted by atomic mass is 10.1. The Balaban J connectivity index is 1.97. The van der Waals surface area contributed by atoms with Gasteiger partial charge in [0.15, 0.2) is 0 Å². The molecule has 1 aromatic carbocycles. The van der Waals surface area contributed by atoms with Crippen molar-refractivity contribution in [3.63, 3.8) is 0 Å². The van der Waals surface area contributed by atoms with Gasteiger partial charge in [0.05, 0.1) is 0 Å². The van der Waals surface area contributed by atoms with Gasteiger partial charge < -0.3 is 10.2 Å². The van der Waals surface area contributed by atoms with Gasteiger partial charge in [-0.05, 0) is 45.0 Å². The summed E-state index contributed by atoms with van der Waals surface area (Å²) in [6, 6.07) is 7.43. The molecule has 0 fully saturated rings. The number of rotatable bonds is 4. The molecule has 0 saturated heterocycles. The van der Waals surface area contributed by atoms with E-state index >= 15 is 0 Å². The molecule has 0 heterocycles. The predicted octanol–water partition coefficient (Wildman–Crippen LogP) is 2.13. The van der Waals surface area contributed by atoms with E-state index in [2.05, 4.69) is 49.4 Å². The van der Waals surface area contributed by atoms with E-state index in [1.807, 2.05) is 0 Å². The van der Waals surface area contributed by atoms with Gasteiger partial charge in [-0.25, -0.2) is 0 Å². The van der Waals surface area contributed by atoms with E-state index in [9.17, 15) is 0 Å². The lowest BCUT2D eigenvalue weighted by Crippen LogP contribution is -2.28. The standard InChI is InChI=1S/C14H22N2/c1-11-4-5-12-6-7-14(13(12)10-11)15-8-9-16(2)3/h4-5,10,14-15H,6-9H2,1-3H3. The molecule has 0 bridgehead atoms. The largest absolute Gasteiger partial charge is 0.309 e. The van der Waals surface area contributed by atoms with Gasteiger partial charge in [-0.1, -0.05) is 23.8 Å². The van der Waals surface area contributed by atoms with Crippen LogP contribution in [0, 0.1) is 6.92 Å². The third-order valence-corrected chi connectivity index (χ3v) is 3.33. The van der Waals surface area contributed by atoms with Crippen LogP contribution < -0.4 is 5.32 Å². The molecule has 1 unspecified atom stereocenters. The zero-order valence-corrected chi connectivity index (χ0v) is 10.6. The summed E-state index contributed by atoms with van der Waals surface area (Å²) in [5.41, 5.74) is 4.44. The summed E-state index contributed by atoms with van der Waals surface area (Å²) in [5, 5.41) is 3.65. The van der Waals surface area contributed by atoms with Crippen LogP contribution in [-0.2, 0) is 6.42 Å². The highest BCUT2D eigenvalue weighted by Gasteiger charge is 2.21. The van der Waals surface area contributed by atoms with Crippen LogP contribution in [0.4, 0.5) is 0 Å². The second kappa shape index (κ2) is 4.98. The Hall–Kier alpha value is -0.860. The topological polar surface area (TPSA) is 15.3 Å². The quantitative estimate of drug-likeness (QED) is 0.833. The fraction of sp³-hybridized carbons (Fsp3) is 0.571. The first-order valence-corrected chi connectivity index (χ1v) is 6.14. The van der Waals surface area contributed by atoms with Crippen molar-refractivity contribution >= 4 is 0 Å². The minimum absolute atomic E-state index is 0.579. The second-order valence-electron chi connectivity index (χ2n) is 5.05. The van der Waals surface area contributed by atoms with Gasteiger partial charge in [-0.15, -0.1) is 0 Å². The SMILES string of the molecule is Cc1ccc2c(c1)C(NCCN(C)C)CC2. The van der Waals surface area contributed by atoms with E-state index < -0.39 is 0 Å². The molecule has 2 nitrogen and oxygen atoms in total. The molecule has 1 N–H and O–H groups in total. The molecule has 0 aliphatic heterocycles. The molecule has 0 radical (unpaired) electrons. The van der Waals surface area contributed by atoms with Crippen molar-refractivity contribution in [3.8, 4) is 0 Å². The Bertz CT molecular complexity index is 358. The van der Waals surface area contributed by atoms with Gasteiger partial charge in [0, 0.05) is 19.1 Å². The van der Waals surface area contributed by atoms with E-state index in [4.69, 9.17) is 0 Å². The van der Waals surface area contributed by atoms with Crippen molar-refractivity contribution in [1.29, 1.82) is 0 Å². The Kier molecular flexibility index (Phi) is 3.62. The van der Waals surface area contributed by atoms with Crippen LogP contribution in [-0.4, -0.2) is 32.1 Å². The smallest absolute Gasteiger partial charge is 0.0326 e. The van der Waals surface area contributed by atoms with Gasteiger partial charge >= 0.3 is 0 Å². The summed E-state index contributed by atoms with van der Waals surface area (Å²) >= 11 is 0. The molecule has 1 aromatic rings. The Labute approximate surface area is 98.7 Å². The van der Waals surface area contributed by atoms with Crippen LogP contribution >= 0.6 is 0 Å². The van der Waals surface area contributed by atoms with Gasteiger partial charge in [-0.2, -0.15) is 0 Å². The highest BCUT2D eigenvalue weighted by atomic mass is 15.1. The minimum atomic E-state index is 0.579. The number of benzene rings is 1. The summed E-state index contributed by atoms with van der Waals surface area (Å²) in [4.78, 5) is 2.22. The summed E-state index contributed by atoms with van der Waals surface area (Å²) < 4.78 is 0. The molecule has 0 spiro atoms. The molecule has 0 aromatic heterocycles. The maximum absolute atomic E-state index is 3.65. The summed E-state index contributed by atoms with van der Waals surface area (Å²) in [7, 11) is 4.24. The van der Waals surface area contributed by atoms with Crippen LogP contribution in [0.25, 0.3) is 0 Å². The Morgan fingerprint density at radius 2 is 2.19 bits per heavy atom. The number of hydrogen-bond acceptors (Lipinski definition) is 2. The molecular formula is C14H22N2.